The van der Waals surface area contributed by atoms with Crippen LogP contribution in [0.1, 0.15) is 15.9 Å². The number of benzene rings is 3. The van der Waals surface area contributed by atoms with Crippen LogP contribution in [-0.2, 0) is 0 Å². The fraction of sp³-hybridized carbons (Fsp3) is 0. The van der Waals surface area contributed by atoms with E-state index in [-0.39, 0.29) is 5.91 Å². The molecular formula is C22H16BrClN2O. The van der Waals surface area contributed by atoms with Crippen LogP contribution in [-0.4, -0.2) is 12.1 Å². The molecule has 0 saturated carbocycles. The molecule has 0 spiro atoms. The van der Waals surface area contributed by atoms with Gasteiger partial charge in [0.25, 0.3) is 5.91 Å². The molecule has 0 heterocycles. The normalized spacial score (nSPS) is 11.2. The Balaban J connectivity index is 1.59. The quantitative estimate of drug-likeness (QED) is 0.438. The van der Waals surface area contributed by atoms with Crippen molar-refractivity contribution >= 4 is 57.1 Å². The zero-order valence-electron chi connectivity index (χ0n) is 14.3. The largest absolute Gasteiger partial charge is 0.322 e. The number of carbonyl (C=O) groups is 1. The van der Waals surface area contributed by atoms with Crippen LogP contribution in [0.5, 0.6) is 0 Å². The maximum atomic E-state index is 12.2. The van der Waals surface area contributed by atoms with Gasteiger partial charge >= 0.3 is 0 Å². The highest BCUT2D eigenvalue weighted by Crippen LogP contribution is 2.18. The topological polar surface area (TPSA) is 41.5 Å². The average molecular weight is 440 g/mol. The Kier molecular flexibility index (Phi) is 6.58. The van der Waals surface area contributed by atoms with Gasteiger partial charge in [0.05, 0.1) is 5.69 Å². The molecule has 1 amide bonds. The van der Waals surface area contributed by atoms with Crippen LogP contribution >= 0.6 is 27.5 Å². The Bertz CT molecular complexity index is 997. The molecule has 3 aromatic rings. The number of amides is 1. The molecule has 0 aliphatic heterocycles. The third-order valence-corrected chi connectivity index (χ3v) is 4.39. The molecule has 3 aromatic carbocycles. The monoisotopic (exact) mass is 438 g/mol. The molecule has 3 rings (SSSR count). The van der Waals surface area contributed by atoms with E-state index >= 15 is 0 Å². The number of hydrogen-bond acceptors (Lipinski definition) is 2. The second-order valence-electron chi connectivity index (χ2n) is 5.70. The number of nitrogens with zero attached hydrogens (tertiary/aromatic N) is 1. The number of nitrogens with one attached hydrogen (secondary N) is 1. The second kappa shape index (κ2) is 9.31. The Morgan fingerprint density at radius 1 is 1.00 bits per heavy atom. The minimum absolute atomic E-state index is 0.203. The molecule has 0 aromatic heterocycles. The van der Waals surface area contributed by atoms with E-state index in [4.69, 9.17) is 11.6 Å². The highest BCUT2D eigenvalue weighted by molar-refractivity contribution is 9.10. The Labute approximate surface area is 171 Å². The van der Waals surface area contributed by atoms with Crippen molar-refractivity contribution in [3.8, 4) is 0 Å². The first-order valence-corrected chi connectivity index (χ1v) is 9.40. The molecule has 3 nitrogen and oxygen atoms in total. The minimum atomic E-state index is -0.203. The number of allylic oxidation sites excluding steroid dienone is 1. The van der Waals surface area contributed by atoms with Crippen molar-refractivity contribution in [3.63, 3.8) is 0 Å². The van der Waals surface area contributed by atoms with Gasteiger partial charge in [-0.25, -0.2) is 0 Å². The van der Waals surface area contributed by atoms with Gasteiger partial charge < -0.3 is 5.32 Å². The summed E-state index contributed by atoms with van der Waals surface area (Å²) in [5.74, 6) is -0.203. The van der Waals surface area contributed by atoms with Gasteiger partial charge in [-0.05, 0) is 66.2 Å². The van der Waals surface area contributed by atoms with Gasteiger partial charge in [-0.3, -0.25) is 9.79 Å². The summed E-state index contributed by atoms with van der Waals surface area (Å²) in [7, 11) is 0. The van der Waals surface area contributed by atoms with E-state index in [0.717, 1.165) is 15.7 Å². The number of hydrogen-bond donors (Lipinski definition) is 1. The van der Waals surface area contributed by atoms with Gasteiger partial charge in [-0.15, -0.1) is 0 Å². The highest BCUT2D eigenvalue weighted by atomic mass is 79.9. The lowest BCUT2D eigenvalue weighted by Gasteiger charge is -2.05. The molecule has 0 bridgehead atoms. The Hall–Kier alpha value is -2.69. The number of halogens is 2. The summed E-state index contributed by atoms with van der Waals surface area (Å²) in [6, 6.07) is 22.2. The lowest BCUT2D eigenvalue weighted by Crippen LogP contribution is -2.11. The van der Waals surface area contributed by atoms with Crippen molar-refractivity contribution in [2.45, 2.75) is 0 Å². The van der Waals surface area contributed by atoms with E-state index in [1.807, 2.05) is 60.7 Å². The minimum Gasteiger partial charge on any atom is -0.322 e. The van der Waals surface area contributed by atoms with E-state index in [1.54, 1.807) is 30.5 Å². The van der Waals surface area contributed by atoms with Crippen LogP contribution in [0.25, 0.3) is 6.08 Å². The summed E-state index contributed by atoms with van der Waals surface area (Å²) >= 11 is 9.36. The van der Waals surface area contributed by atoms with Gasteiger partial charge in [0, 0.05) is 27.0 Å². The molecule has 0 atom stereocenters. The fourth-order valence-electron chi connectivity index (χ4n) is 2.36. The van der Waals surface area contributed by atoms with Gasteiger partial charge in [0.1, 0.15) is 0 Å². The van der Waals surface area contributed by atoms with E-state index in [2.05, 4.69) is 26.2 Å². The number of carbonyl (C=O) groups excluding carboxylic acids is 1. The van der Waals surface area contributed by atoms with Crippen molar-refractivity contribution in [2.24, 2.45) is 4.99 Å². The van der Waals surface area contributed by atoms with Crippen LogP contribution in [0.3, 0.4) is 0 Å². The van der Waals surface area contributed by atoms with Crippen LogP contribution < -0.4 is 5.32 Å². The first-order valence-electron chi connectivity index (χ1n) is 8.23. The van der Waals surface area contributed by atoms with E-state index in [1.165, 1.54) is 0 Å². The molecule has 0 aliphatic rings. The summed E-state index contributed by atoms with van der Waals surface area (Å²) in [6.45, 7) is 0. The molecule has 0 fully saturated rings. The SMILES string of the molecule is O=C(Nc1ccc(N=CC=Cc2cccc(Br)c2)cc1)c1cccc(Cl)c1. The zero-order chi connectivity index (χ0) is 19.1. The first-order chi connectivity index (χ1) is 13.1. The standard InChI is InChI=1S/C22H16BrClN2O/c23-18-7-1-4-16(14-18)5-3-13-25-20-9-11-21(12-10-20)26-22(27)17-6-2-8-19(24)15-17/h1-15H,(H,26,27). The van der Waals surface area contributed by atoms with E-state index < -0.39 is 0 Å². The van der Waals surface area contributed by atoms with E-state index in [9.17, 15) is 4.79 Å². The summed E-state index contributed by atoms with van der Waals surface area (Å²) in [4.78, 5) is 16.6. The lowest BCUT2D eigenvalue weighted by molar-refractivity contribution is 0.102. The molecule has 0 radical (unpaired) electrons. The number of anilines is 1. The zero-order valence-corrected chi connectivity index (χ0v) is 16.6. The maximum Gasteiger partial charge on any atom is 0.255 e. The third-order valence-electron chi connectivity index (χ3n) is 3.66. The molecule has 27 heavy (non-hydrogen) atoms. The predicted octanol–water partition coefficient (Wildman–Crippen LogP) is 6.77. The third kappa shape index (κ3) is 5.91. The Morgan fingerprint density at radius 3 is 2.52 bits per heavy atom. The lowest BCUT2D eigenvalue weighted by atomic mass is 10.2. The number of rotatable bonds is 5. The van der Waals surface area contributed by atoms with Gasteiger partial charge in [-0.1, -0.05) is 51.8 Å². The molecule has 1 N–H and O–H groups in total. The molecule has 0 unspecified atom stereocenters. The van der Waals surface area contributed by atoms with Gasteiger partial charge in [-0.2, -0.15) is 0 Å². The molecule has 0 aliphatic carbocycles. The first kappa shape index (κ1) is 19.1. The van der Waals surface area contributed by atoms with Crippen molar-refractivity contribution in [2.75, 3.05) is 5.32 Å². The van der Waals surface area contributed by atoms with E-state index in [0.29, 0.717) is 16.3 Å². The molecule has 0 saturated heterocycles. The number of aliphatic imine (C=N–C) groups is 1. The summed E-state index contributed by atoms with van der Waals surface area (Å²) in [6.07, 6.45) is 5.60. The van der Waals surface area contributed by atoms with Gasteiger partial charge in [0.2, 0.25) is 0 Å². The predicted molar refractivity (Wildman–Crippen MR) is 117 cm³/mol. The maximum absolute atomic E-state index is 12.2. The van der Waals surface area contributed by atoms with Crippen molar-refractivity contribution in [3.05, 3.63) is 99.5 Å². The van der Waals surface area contributed by atoms with Crippen LogP contribution in [0, 0.1) is 0 Å². The molecular weight excluding hydrogens is 424 g/mol. The Morgan fingerprint density at radius 2 is 1.78 bits per heavy atom. The van der Waals surface area contributed by atoms with Crippen molar-refractivity contribution in [1.82, 2.24) is 0 Å². The van der Waals surface area contributed by atoms with Crippen molar-refractivity contribution in [1.29, 1.82) is 0 Å². The summed E-state index contributed by atoms with van der Waals surface area (Å²) < 4.78 is 1.04. The summed E-state index contributed by atoms with van der Waals surface area (Å²) in [5.41, 5.74) is 3.11. The van der Waals surface area contributed by atoms with Crippen LogP contribution in [0.4, 0.5) is 11.4 Å². The molecule has 134 valence electrons. The van der Waals surface area contributed by atoms with Gasteiger partial charge in [0.15, 0.2) is 0 Å². The smallest absolute Gasteiger partial charge is 0.255 e. The summed E-state index contributed by atoms with van der Waals surface area (Å²) in [5, 5.41) is 3.37. The molecule has 5 heteroatoms. The average Bonchev–Trinajstić information content (AvgIpc) is 2.66. The van der Waals surface area contributed by atoms with Crippen LogP contribution in [0.15, 0.2) is 88.3 Å². The van der Waals surface area contributed by atoms with Crippen molar-refractivity contribution < 1.29 is 4.79 Å². The fourth-order valence-corrected chi connectivity index (χ4v) is 2.96. The van der Waals surface area contributed by atoms with Crippen LogP contribution in [0.2, 0.25) is 5.02 Å². The highest BCUT2D eigenvalue weighted by Gasteiger charge is 2.06. The second-order valence-corrected chi connectivity index (χ2v) is 7.06.